The number of benzene rings is 3. The fraction of sp³-hybridized carbons (Fsp3) is 0.222. The minimum Gasteiger partial charge on any atom is -0.493 e. The van der Waals surface area contributed by atoms with Crippen LogP contribution in [0.25, 0.3) is 10.9 Å². The zero-order valence-electron chi connectivity index (χ0n) is 20.0. The molecule has 1 atom stereocenters. The van der Waals surface area contributed by atoms with Crippen LogP contribution in [0.3, 0.4) is 0 Å². The third-order valence-electron chi connectivity index (χ3n) is 5.79. The second-order valence-electron chi connectivity index (χ2n) is 8.24. The lowest BCUT2D eigenvalue weighted by Gasteiger charge is -2.14. The van der Waals surface area contributed by atoms with E-state index in [9.17, 15) is 4.79 Å². The van der Waals surface area contributed by atoms with Crippen molar-refractivity contribution >= 4 is 64.9 Å². The average Bonchev–Trinajstić information content (AvgIpc) is 2.87. The van der Waals surface area contributed by atoms with Gasteiger partial charge in [-0.1, -0.05) is 67.7 Å². The first-order chi connectivity index (χ1) is 17.3. The first-order valence-electron chi connectivity index (χ1n) is 11.3. The number of fused-ring (bicyclic) bond motifs is 1. The quantitative estimate of drug-likeness (QED) is 0.180. The number of aromatic nitrogens is 2. The van der Waals surface area contributed by atoms with E-state index < -0.39 is 0 Å². The van der Waals surface area contributed by atoms with Gasteiger partial charge in [0, 0.05) is 24.9 Å². The highest BCUT2D eigenvalue weighted by atomic mass is 79.9. The summed E-state index contributed by atoms with van der Waals surface area (Å²) in [6.07, 6.45) is 2.47. The topological polar surface area (TPSA) is 65.7 Å². The monoisotopic (exact) mass is 675 g/mol. The third kappa shape index (κ3) is 5.90. The smallest absolute Gasteiger partial charge is 0.282 e. The molecule has 3 aromatic carbocycles. The number of rotatable bonds is 8. The van der Waals surface area contributed by atoms with Gasteiger partial charge in [0.05, 0.1) is 24.2 Å². The first-order valence-corrected chi connectivity index (χ1v) is 13.7. The first kappa shape index (κ1) is 26.6. The lowest BCUT2D eigenvalue weighted by molar-refractivity contribution is 0.284. The van der Waals surface area contributed by atoms with Gasteiger partial charge in [0.15, 0.2) is 11.5 Å². The van der Waals surface area contributed by atoms with Crippen molar-refractivity contribution in [1.29, 1.82) is 0 Å². The Balaban J connectivity index is 1.65. The van der Waals surface area contributed by atoms with Crippen LogP contribution in [0.4, 0.5) is 0 Å². The molecule has 0 unspecified atom stereocenters. The molecule has 0 spiro atoms. The van der Waals surface area contributed by atoms with Gasteiger partial charge in [-0.25, -0.2) is 4.98 Å². The van der Waals surface area contributed by atoms with Gasteiger partial charge in [-0.3, -0.25) is 4.79 Å². The molecule has 4 rings (SSSR count). The number of methoxy groups -OCH3 is 1. The van der Waals surface area contributed by atoms with Crippen LogP contribution < -0.4 is 15.0 Å². The Labute approximate surface area is 234 Å². The lowest BCUT2D eigenvalue weighted by atomic mass is 10.1. The molecule has 9 heteroatoms. The molecule has 0 bridgehead atoms. The van der Waals surface area contributed by atoms with E-state index in [0.717, 1.165) is 31.0 Å². The molecule has 36 heavy (non-hydrogen) atoms. The summed E-state index contributed by atoms with van der Waals surface area (Å²) in [5.41, 5.74) is 2.23. The molecule has 0 saturated heterocycles. The minimum absolute atomic E-state index is 0.0612. The van der Waals surface area contributed by atoms with Crippen molar-refractivity contribution in [3.63, 3.8) is 0 Å². The highest BCUT2D eigenvalue weighted by Gasteiger charge is 2.16. The van der Waals surface area contributed by atoms with E-state index >= 15 is 0 Å². The molecule has 4 aromatic rings. The molecule has 0 aliphatic rings. The summed E-state index contributed by atoms with van der Waals surface area (Å²) >= 11 is 10.5. The van der Waals surface area contributed by atoms with Crippen LogP contribution in [0.1, 0.15) is 43.1 Å². The third-order valence-corrected chi connectivity index (χ3v) is 7.52. The average molecular weight is 678 g/mol. The molecule has 0 aliphatic heterocycles. The fourth-order valence-electron chi connectivity index (χ4n) is 3.58. The molecular formula is C27H24Br3N3O3. The number of nitrogens with zero attached hydrogens (tertiary/aromatic N) is 3. The van der Waals surface area contributed by atoms with Gasteiger partial charge in [-0.15, -0.1) is 0 Å². The molecule has 1 aromatic heterocycles. The van der Waals surface area contributed by atoms with Crippen LogP contribution in [-0.2, 0) is 6.61 Å². The maximum absolute atomic E-state index is 13.3. The van der Waals surface area contributed by atoms with Gasteiger partial charge in [0.1, 0.15) is 12.4 Å². The summed E-state index contributed by atoms with van der Waals surface area (Å²) in [4.78, 5) is 18.1. The van der Waals surface area contributed by atoms with Crippen LogP contribution in [-0.4, -0.2) is 23.0 Å². The Bertz CT molecular complexity index is 1500. The van der Waals surface area contributed by atoms with E-state index in [1.165, 1.54) is 4.68 Å². The van der Waals surface area contributed by atoms with E-state index in [1.54, 1.807) is 19.4 Å². The zero-order valence-corrected chi connectivity index (χ0v) is 24.7. The maximum Gasteiger partial charge on any atom is 0.282 e. The molecule has 0 amide bonds. The van der Waals surface area contributed by atoms with Crippen molar-refractivity contribution < 1.29 is 9.47 Å². The molecule has 0 N–H and O–H groups in total. The van der Waals surface area contributed by atoms with Gasteiger partial charge < -0.3 is 9.47 Å². The molecular weight excluding hydrogens is 654 g/mol. The lowest BCUT2D eigenvalue weighted by Crippen LogP contribution is -2.23. The van der Waals surface area contributed by atoms with Gasteiger partial charge in [-0.2, -0.15) is 9.78 Å². The molecule has 1 heterocycles. The van der Waals surface area contributed by atoms with Crippen LogP contribution in [0.2, 0.25) is 0 Å². The van der Waals surface area contributed by atoms with Crippen LogP contribution in [0.15, 0.2) is 77.9 Å². The number of hydrogen-bond acceptors (Lipinski definition) is 5. The predicted molar refractivity (Wildman–Crippen MR) is 155 cm³/mol. The summed E-state index contributed by atoms with van der Waals surface area (Å²) in [6, 6.07) is 17.0. The van der Waals surface area contributed by atoms with Gasteiger partial charge in [-0.05, 0) is 60.5 Å². The Hall–Kier alpha value is -2.49. The summed E-state index contributed by atoms with van der Waals surface area (Å²) in [5, 5.41) is 5.05. The standard InChI is InChI=1S/C27H24Br3N3O3/c1-4-16(2)26-32-23-9-8-19(28)12-21(23)27(34)33(26)31-14-17-5-10-24(25(11-17)35-3)36-15-18-6-7-20(29)13-22(18)30/h5-14,16H,4,15H2,1-3H3/t16-/m1/s1. The Morgan fingerprint density at radius 3 is 2.50 bits per heavy atom. The van der Waals surface area contributed by atoms with Gasteiger partial charge in [0.2, 0.25) is 0 Å². The second kappa shape index (κ2) is 11.7. The predicted octanol–water partition coefficient (Wildman–Crippen LogP) is 7.67. The SMILES string of the molecule is CC[C@@H](C)c1nc2ccc(Br)cc2c(=O)n1N=Cc1ccc(OCc2ccc(Br)cc2Br)c(OC)c1. The second-order valence-corrected chi connectivity index (χ2v) is 10.9. The summed E-state index contributed by atoms with van der Waals surface area (Å²) in [7, 11) is 1.59. The normalized spacial score (nSPS) is 12.3. The van der Waals surface area contributed by atoms with Crippen molar-refractivity contribution in [2.24, 2.45) is 5.10 Å². The Morgan fingerprint density at radius 1 is 1.03 bits per heavy atom. The van der Waals surface area contributed by atoms with E-state index in [1.807, 2.05) is 55.5 Å². The zero-order chi connectivity index (χ0) is 25.8. The molecule has 6 nitrogen and oxygen atoms in total. The van der Waals surface area contributed by atoms with Crippen molar-refractivity contribution in [2.45, 2.75) is 32.8 Å². The van der Waals surface area contributed by atoms with Gasteiger partial charge >= 0.3 is 0 Å². The highest BCUT2D eigenvalue weighted by Crippen LogP contribution is 2.30. The van der Waals surface area contributed by atoms with E-state index in [2.05, 4.69) is 59.8 Å². The van der Waals surface area contributed by atoms with Crippen molar-refractivity contribution in [3.05, 3.63) is 95.3 Å². The van der Waals surface area contributed by atoms with Crippen LogP contribution in [0, 0.1) is 0 Å². The molecule has 0 saturated carbocycles. The number of hydrogen-bond donors (Lipinski definition) is 0. The minimum atomic E-state index is -0.208. The summed E-state index contributed by atoms with van der Waals surface area (Å²) < 4.78 is 15.7. The number of halogens is 3. The maximum atomic E-state index is 13.3. The van der Waals surface area contributed by atoms with E-state index in [4.69, 9.17) is 14.5 Å². The molecule has 0 aliphatic carbocycles. The fourth-order valence-corrected chi connectivity index (χ4v) is 5.10. The Morgan fingerprint density at radius 2 is 1.78 bits per heavy atom. The van der Waals surface area contributed by atoms with Crippen molar-refractivity contribution in [3.8, 4) is 11.5 Å². The Kier molecular flexibility index (Phi) is 8.64. The van der Waals surface area contributed by atoms with Crippen molar-refractivity contribution in [2.75, 3.05) is 7.11 Å². The number of ether oxygens (including phenoxy) is 2. The summed E-state index contributed by atoms with van der Waals surface area (Å²) in [5.74, 6) is 1.87. The molecule has 0 fully saturated rings. The van der Waals surface area contributed by atoms with Crippen LogP contribution >= 0.6 is 47.8 Å². The largest absolute Gasteiger partial charge is 0.493 e. The van der Waals surface area contributed by atoms with E-state index in [0.29, 0.717) is 34.8 Å². The van der Waals surface area contributed by atoms with Crippen molar-refractivity contribution in [1.82, 2.24) is 9.66 Å². The van der Waals surface area contributed by atoms with Gasteiger partial charge in [0.25, 0.3) is 5.56 Å². The molecule has 186 valence electrons. The molecule has 0 radical (unpaired) electrons. The summed E-state index contributed by atoms with van der Waals surface area (Å²) in [6.45, 7) is 4.48. The highest BCUT2D eigenvalue weighted by molar-refractivity contribution is 9.11. The van der Waals surface area contributed by atoms with Crippen LogP contribution in [0.5, 0.6) is 11.5 Å². The van der Waals surface area contributed by atoms with E-state index in [-0.39, 0.29) is 11.5 Å².